The molecule has 92 valence electrons. The normalized spacial score (nSPS) is 24.0. The zero-order valence-corrected chi connectivity index (χ0v) is 10.4. The fraction of sp³-hybridized carbons (Fsp3) is 0.538. The quantitative estimate of drug-likeness (QED) is 0.850. The molecule has 2 atom stereocenters. The molecule has 1 aliphatic heterocycles. The first kappa shape index (κ1) is 11.9. The lowest BCUT2D eigenvalue weighted by Crippen LogP contribution is -2.40. The van der Waals surface area contributed by atoms with Crippen LogP contribution in [0.5, 0.6) is 0 Å². The summed E-state index contributed by atoms with van der Waals surface area (Å²) in [5.41, 5.74) is 6.73. The van der Waals surface area contributed by atoms with Gasteiger partial charge in [-0.3, -0.25) is 9.78 Å². The van der Waals surface area contributed by atoms with Crippen LogP contribution in [0.1, 0.15) is 43.6 Å². The summed E-state index contributed by atoms with van der Waals surface area (Å²) in [6.45, 7) is 4.22. The van der Waals surface area contributed by atoms with Crippen LogP contribution in [-0.4, -0.2) is 27.9 Å². The van der Waals surface area contributed by atoms with Gasteiger partial charge < -0.3 is 10.6 Å². The molecule has 0 aromatic carbocycles. The minimum Gasteiger partial charge on any atom is -0.399 e. The van der Waals surface area contributed by atoms with Gasteiger partial charge in [0.1, 0.15) is 5.69 Å². The highest BCUT2D eigenvalue weighted by Gasteiger charge is 2.34. The highest BCUT2D eigenvalue weighted by molar-refractivity contribution is 5.93. The van der Waals surface area contributed by atoms with Gasteiger partial charge in [0.25, 0.3) is 5.91 Å². The van der Waals surface area contributed by atoms with Gasteiger partial charge >= 0.3 is 0 Å². The molecule has 0 radical (unpaired) electrons. The zero-order chi connectivity index (χ0) is 12.4. The number of likely N-dealkylation sites (tertiary alicyclic amines) is 1. The largest absolute Gasteiger partial charge is 0.399 e. The molecular weight excluding hydrogens is 214 g/mol. The Bertz CT molecular complexity index is 419. The van der Waals surface area contributed by atoms with E-state index in [0.29, 0.717) is 23.5 Å². The van der Waals surface area contributed by atoms with E-state index in [1.54, 1.807) is 18.3 Å². The summed E-state index contributed by atoms with van der Waals surface area (Å²) in [6, 6.07) is 4.00. The van der Waals surface area contributed by atoms with Crippen molar-refractivity contribution in [3.05, 3.63) is 24.0 Å². The molecule has 2 heterocycles. The Morgan fingerprint density at radius 2 is 2.35 bits per heavy atom. The van der Waals surface area contributed by atoms with E-state index in [9.17, 15) is 4.79 Å². The first-order chi connectivity index (χ1) is 8.13. The smallest absolute Gasteiger partial charge is 0.273 e. The molecule has 0 spiro atoms. The second-order valence-electron chi connectivity index (χ2n) is 4.68. The summed E-state index contributed by atoms with van der Waals surface area (Å²) in [6.07, 6.45) is 4.75. The summed E-state index contributed by atoms with van der Waals surface area (Å²) in [5, 5.41) is 0. The molecule has 0 bridgehead atoms. The molecule has 2 rings (SSSR count). The average molecular weight is 233 g/mol. The van der Waals surface area contributed by atoms with Crippen molar-refractivity contribution in [2.45, 2.75) is 45.2 Å². The lowest BCUT2D eigenvalue weighted by Gasteiger charge is -2.27. The molecule has 0 saturated carbocycles. The fourth-order valence-electron chi connectivity index (χ4n) is 2.53. The third kappa shape index (κ3) is 2.25. The van der Waals surface area contributed by atoms with E-state index >= 15 is 0 Å². The van der Waals surface area contributed by atoms with E-state index in [4.69, 9.17) is 5.73 Å². The van der Waals surface area contributed by atoms with Crippen LogP contribution >= 0.6 is 0 Å². The summed E-state index contributed by atoms with van der Waals surface area (Å²) < 4.78 is 0. The zero-order valence-electron chi connectivity index (χ0n) is 10.4. The number of pyridine rings is 1. The van der Waals surface area contributed by atoms with Gasteiger partial charge in [0, 0.05) is 24.0 Å². The highest BCUT2D eigenvalue weighted by atomic mass is 16.2. The van der Waals surface area contributed by atoms with E-state index in [0.717, 1.165) is 19.3 Å². The Morgan fingerprint density at radius 3 is 3.00 bits per heavy atom. The third-order valence-corrected chi connectivity index (χ3v) is 3.49. The number of rotatable bonds is 2. The number of anilines is 1. The first-order valence-corrected chi connectivity index (χ1v) is 6.17. The van der Waals surface area contributed by atoms with Gasteiger partial charge in [0.2, 0.25) is 0 Å². The predicted molar refractivity (Wildman–Crippen MR) is 67.6 cm³/mol. The number of carbonyl (C=O) groups excluding carboxylic acids is 1. The molecule has 1 amide bonds. The molecule has 1 aromatic heterocycles. The third-order valence-electron chi connectivity index (χ3n) is 3.49. The topological polar surface area (TPSA) is 59.2 Å². The van der Waals surface area contributed by atoms with Gasteiger partial charge in [-0.25, -0.2) is 0 Å². The number of nitrogens with two attached hydrogens (primary N) is 1. The van der Waals surface area contributed by atoms with E-state index in [1.807, 2.05) is 4.90 Å². The standard InChI is InChI=1S/C13H19N3O/c1-3-11-5-4-9(2)16(11)13(17)12-8-10(14)6-7-15-12/h6-9,11H,3-5H2,1-2H3,(H2,14,15). The number of hydrogen-bond acceptors (Lipinski definition) is 3. The van der Waals surface area contributed by atoms with E-state index < -0.39 is 0 Å². The van der Waals surface area contributed by atoms with Crippen LogP contribution in [0.15, 0.2) is 18.3 Å². The number of hydrogen-bond donors (Lipinski definition) is 1. The van der Waals surface area contributed by atoms with Crippen molar-refractivity contribution in [3.8, 4) is 0 Å². The molecule has 1 fully saturated rings. The van der Waals surface area contributed by atoms with Crippen LogP contribution in [0.2, 0.25) is 0 Å². The number of carbonyl (C=O) groups is 1. The minimum absolute atomic E-state index is 0.00847. The van der Waals surface area contributed by atoms with Gasteiger partial charge in [0.15, 0.2) is 0 Å². The molecule has 2 unspecified atom stereocenters. The van der Waals surface area contributed by atoms with Crippen LogP contribution in [0, 0.1) is 0 Å². The van der Waals surface area contributed by atoms with Gasteiger partial charge in [-0.15, -0.1) is 0 Å². The maximum atomic E-state index is 12.4. The lowest BCUT2D eigenvalue weighted by atomic mass is 10.1. The summed E-state index contributed by atoms with van der Waals surface area (Å²) >= 11 is 0. The van der Waals surface area contributed by atoms with Crippen LogP contribution in [0.25, 0.3) is 0 Å². The molecule has 4 nitrogen and oxygen atoms in total. The molecule has 4 heteroatoms. The highest BCUT2D eigenvalue weighted by Crippen LogP contribution is 2.27. The van der Waals surface area contributed by atoms with Crippen LogP contribution < -0.4 is 5.73 Å². The van der Waals surface area contributed by atoms with Gasteiger partial charge in [-0.1, -0.05) is 6.92 Å². The Balaban J connectivity index is 2.24. The van der Waals surface area contributed by atoms with Crippen molar-refractivity contribution >= 4 is 11.6 Å². The molecule has 1 aromatic rings. The van der Waals surface area contributed by atoms with E-state index in [1.165, 1.54) is 0 Å². The van der Waals surface area contributed by atoms with Gasteiger partial charge in [0.05, 0.1) is 0 Å². The maximum Gasteiger partial charge on any atom is 0.273 e. The minimum atomic E-state index is 0.00847. The molecule has 2 N–H and O–H groups in total. The molecule has 17 heavy (non-hydrogen) atoms. The van der Waals surface area contributed by atoms with Crippen molar-refractivity contribution in [1.29, 1.82) is 0 Å². The van der Waals surface area contributed by atoms with E-state index in [-0.39, 0.29) is 5.91 Å². The predicted octanol–water partition coefficient (Wildman–Crippen LogP) is 2.07. The lowest BCUT2D eigenvalue weighted by molar-refractivity contribution is 0.0670. The average Bonchev–Trinajstić information content (AvgIpc) is 2.69. The number of aromatic nitrogens is 1. The summed E-state index contributed by atoms with van der Waals surface area (Å²) in [4.78, 5) is 18.5. The summed E-state index contributed by atoms with van der Waals surface area (Å²) in [7, 11) is 0. The fourth-order valence-corrected chi connectivity index (χ4v) is 2.53. The number of nitrogens with zero attached hydrogens (tertiary/aromatic N) is 2. The van der Waals surface area contributed by atoms with Gasteiger partial charge in [-0.05, 0) is 38.3 Å². The second kappa shape index (κ2) is 4.73. The van der Waals surface area contributed by atoms with Gasteiger partial charge in [-0.2, -0.15) is 0 Å². The van der Waals surface area contributed by atoms with Crippen LogP contribution in [-0.2, 0) is 0 Å². The van der Waals surface area contributed by atoms with Crippen molar-refractivity contribution in [1.82, 2.24) is 9.88 Å². The second-order valence-corrected chi connectivity index (χ2v) is 4.68. The van der Waals surface area contributed by atoms with Crippen molar-refractivity contribution < 1.29 is 4.79 Å². The van der Waals surface area contributed by atoms with E-state index in [2.05, 4.69) is 18.8 Å². The first-order valence-electron chi connectivity index (χ1n) is 6.17. The molecule has 1 aliphatic rings. The van der Waals surface area contributed by atoms with Crippen molar-refractivity contribution in [2.75, 3.05) is 5.73 Å². The number of nitrogen functional groups attached to an aromatic ring is 1. The van der Waals surface area contributed by atoms with Crippen LogP contribution in [0.4, 0.5) is 5.69 Å². The molecular formula is C13H19N3O. The Kier molecular flexibility index (Phi) is 3.31. The SMILES string of the molecule is CCC1CCC(C)N1C(=O)c1cc(N)ccn1. The van der Waals surface area contributed by atoms with Crippen molar-refractivity contribution in [2.24, 2.45) is 0 Å². The monoisotopic (exact) mass is 233 g/mol. The summed E-state index contributed by atoms with van der Waals surface area (Å²) in [5.74, 6) is 0.00847. The molecule has 1 saturated heterocycles. The molecule has 0 aliphatic carbocycles. The number of amides is 1. The maximum absolute atomic E-state index is 12.4. The van der Waals surface area contributed by atoms with Crippen LogP contribution in [0.3, 0.4) is 0 Å². The van der Waals surface area contributed by atoms with Crippen molar-refractivity contribution in [3.63, 3.8) is 0 Å². The Morgan fingerprint density at radius 1 is 1.59 bits per heavy atom. The Labute approximate surface area is 102 Å². The Hall–Kier alpha value is -1.58.